The average molecular weight is 862 g/mol. The predicted octanol–water partition coefficient (Wildman–Crippen LogP) is 16.5. The molecule has 1 amide bonds. The summed E-state index contributed by atoms with van der Waals surface area (Å²) in [7, 11) is 0. The van der Waals surface area contributed by atoms with Crippen LogP contribution in [-0.2, 0) is 14.3 Å². The molecule has 61 heavy (non-hydrogen) atoms. The molecule has 0 aliphatic heterocycles. The number of allylic oxidation sites excluding steroid dienone is 2. The number of rotatable bonds is 51. The van der Waals surface area contributed by atoms with Crippen molar-refractivity contribution in [3.8, 4) is 0 Å². The monoisotopic (exact) mass is 862 g/mol. The second-order valence-corrected chi connectivity index (χ2v) is 18.9. The van der Waals surface area contributed by atoms with E-state index in [1.807, 2.05) is 0 Å². The van der Waals surface area contributed by atoms with Crippen LogP contribution in [0.2, 0.25) is 0 Å². The van der Waals surface area contributed by atoms with Crippen LogP contribution >= 0.6 is 0 Å². The van der Waals surface area contributed by atoms with Gasteiger partial charge < -0.3 is 20.3 Å². The van der Waals surface area contributed by atoms with Gasteiger partial charge in [0.2, 0.25) is 5.91 Å². The normalized spacial score (nSPS) is 12.7. The number of hydrogen-bond acceptors (Lipinski definition) is 5. The summed E-state index contributed by atoms with van der Waals surface area (Å²) in [6.07, 6.45) is 59.1. The lowest BCUT2D eigenvalue weighted by Gasteiger charge is -2.22. The number of aliphatic hydroxyl groups excluding tert-OH is 2. The minimum absolute atomic E-state index is 0.00982. The molecule has 0 fully saturated rings. The van der Waals surface area contributed by atoms with Crippen molar-refractivity contribution < 1.29 is 24.5 Å². The SMILES string of the molecule is CCCCCCCCCCCCCCCC(=O)OCCCCCCCCCCCC/C=C\CCCCCCCCCC(=O)NC(CO)C(O)CCCCCCCCCCCC. The molecule has 0 radical (unpaired) electrons. The van der Waals surface area contributed by atoms with Crippen molar-refractivity contribution in [3.05, 3.63) is 12.2 Å². The minimum Gasteiger partial charge on any atom is -0.466 e. The zero-order chi connectivity index (χ0) is 44.4. The summed E-state index contributed by atoms with van der Waals surface area (Å²) in [5.74, 6) is -0.0339. The van der Waals surface area contributed by atoms with Crippen LogP contribution in [0.3, 0.4) is 0 Å². The number of hydrogen-bond donors (Lipinski definition) is 3. The minimum atomic E-state index is -0.666. The van der Waals surface area contributed by atoms with E-state index in [4.69, 9.17) is 4.74 Å². The molecule has 0 spiro atoms. The molecule has 0 heterocycles. The van der Waals surface area contributed by atoms with Gasteiger partial charge in [-0.1, -0.05) is 251 Å². The van der Waals surface area contributed by atoms with E-state index in [0.29, 0.717) is 25.9 Å². The van der Waals surface area contributed by atoms with Gasteiger partial charge in [-0.2, -0.15) is 0 Å². The van der Waals surface area contributed by atoms with Gasteiger partial charge in [0.05, 0.1) is 25.4 Å². The molecule has 0 aromatic heterocycles. The van der Waals surface area contributed by atoms with E-state index in [1.165, 1.54) is 231 Å². The van der Waals surface area contributed by atoms with Crippen LogP contribution in [0.15, 0.2) is 12.2 Å². The van der Waals surface area contributed by atoms with Crippen LogP contribution in [0, 0.1) is 0 Å². The highest BCUT2D eigenvalue weighted by Crippen LogP contribution is 2.17. The summed E-state index contributed by atoms with van der Waals surface area (Å²) in [4.78, 5) is 24.4. The van der Waals surface area contributed by atoms with Crippen LogP contribution < -0.4 is 5.32 Å². The Balaban J connectivity index is 3.39. The summed E-state index contributed by atoms with van der Waals surface area (Å²) in [6, 6.07) is -0.544. The topological polar surface area (TPSA) is 95.9 Å². The number of amides is 1. The van der Waals surface area contributed by atoms with Gasteiger partial charge in [-0.25, -0.2) is 0 Å². The molecule has 0 aromatic carbocycles. The first kappa shape index (κ1) is 59.6. The molecule has 0 aromatic rings. The number of aliphatic hydroxyl groups is 2. The van der Waals surface area contributed by atoms with Crippen molar-refractivity contribution in [1.29, 1.82) is 0 Å². The maximum absolute atomic E-state index is 12.4. The molecule has 0 rings (SSSR count). The van der Waals surface area contributed by atoms with Gasteiger partial charge >= 0.3 is 5.97 Å². The number of unbranched alkanes of at least 4 members (excludes halogenated alkanes) is 38. The fraction of sp³-hybridized carbons (Fsp3) is 0.927. The van der Waals surface area contributed by atoms with Crippen LogP contribution in [0.5, 0.6) is 0 Å². The number of nitrogens with one attached hydrogen (secondary N) is 1. The molecule has 0 aliphatic carbocycles. The maximum atomic E-state index is 12.4. The second-order valence-electron chi connectivity index (χ2n) is 18.9. The molecule has 2 atom stereocenters. The van der Waals surface area contributed by atoms with Crippen molar-refractivity contribution in [2.75, 3.05) is 13.2 Å². The van der Waals surface area contributed by atoms with E-state index in [-0.39, 0.29) is 18.5 Å². The summed E-state index contributed by atoms with van der Waals surface area (Å²) in [5.41, 5.74) is 0. The van der Waals surface area contributed by atoms with Crippen molar-refractivity contribution in [3.63, 3.8) is 0 Å². The Bertz CT molecular complexity index is 909. The molecule has 0 saturated carbocycles. The van der Waals surface area contributed by atoms with E-state index in [9.17, 15) is 19.8 Å². The third kappa shape index (κ3) is 47.9. The zero-order valence-corrected chi connectivity index (χ0v) is 41.2. The zero-order valence-electron chi connectivity index (χ0n) is 41.2. The number of carbonyl (C=O) groups is 2. The average Bonchev–Trinajstić information content (AvgIpc) is 3.26. The van der Waals surface area contributed by atoms with Crippen LogP contribution in [0.1, 0.15) is 303 Å². The molecule has 362 valence electrons. The first-order valence-electron chi connectivity index (χ1n) is 27.4. The number of carbonyl (C=O) groups excluding carboxylic acids is 2. The molecular formula is C55H107NO5. The first-order valence-corrected chi connectivity index (χ1v) is 27.4. The first-order chi connectivity index (χ1) is 30.0. The Morgan fingerprint density at radius 2 is 0.770 bits per heavy atom. The Labute approximate surface area is 380 Å². The fourth-order valence-electron chi connectivity index (χ4n) is 8.58. The van der Waals surface area contributed by atoms with Gasteiger partial charge in [0.25, 0.3) is 0 Å². The van der Waals surface area contributed by atoms with Gasteiger partial charge in [0.1, 0.15) is 0 Å². The second kappa shape index (κ2) is 51.2. The highest BCUT2D eigenvalue weighted by atomic mass is 16.5. The van der Waals surface area contributed by atoms with E-state index in [2.05, 4.69) is 31.3 Å². The standard InChI is InChI=1S/C55H107NO5/c1-3-5-7-9-11-13-15-25-29-33-37-41-45-49-55(60)61-50-46-42-38-34-30-27-24-22-20-18-16-17-19-21-23-26-28-32-36-40-44-48-54(59)56-52(51-57)53(58)47-43-39-35-31-14-12-10-8-6-4-2/h17,19,52-53,57-58H,3-16,18,20-51H2,1-2H3,(H,56,59)/b19-17-. The molecule has 0 aliphatic rings. The Morgan fingerprint density at radius 3 is 1.16 bits per heavy atom. The molecule has 6 nitrogen and oxygen atoms in total. The van der Waals surface area contributed by atoms with Crippen molar-refractivity contribution in [2.24, 2.45) is 0 Å². The molecule has 6 heteroatoms. The Morgan fingerprint density at radius 1 is 0.443 bits per heavy atom. The molecular weight excluding hydrogens is 755 g/mol. The highest BCUT2D eigenvalue weighted by Gasteiger charge is 2.20. The predicted molar refractivity (Wildman–Crippen MR) is 264 cm³/mol. The molecule has 3 N–H and O–H groups in total. The maximum Gasteiger partial charge on any atom is 0.305 e. The molecule has 0 saturated heterocycles. The van der Waals surface area contributed by atoms with E-state index in [1.54, 1.807) is 0 Å². The summed E-state index contributed by atoms with van der Waals surface area (Å²) in [5, 5.41) is 23.1. The smallest absolute Gasteiger partial charge is 0.305 e. The van der Waals surface area contributed by atoms with Gasteiger partial charge in [-0.3, -0.25) is 9.59 Å². The van der Waals surface area contributed by atoms with Gasteiger partial charge in [0, 0.05) is 12.8 Å². The van der Waals surface area contributed by atoms with Crippen molar-refractivity contribution >= 4 is 11.9 Å². The fourth-order valence-corrected chi connectivity index (χ4v) is 8.58. The summed E-state index contributed by atoms with van der Waals surface area (Å²) < 4.78 is 5.47. The van der Waals surface area contributed by atoms with Crippen LogP contribution in [-0.4, -0.2) is 47.4 Å². The van der Waals surface area contributed by atoms with E-state index >= 15 is 0 Å². The van der Waals surface area contributed by atoms with E-state index < -0.39 is 12.1 Å². The molecule has 2 unspecified atom stereocenters. The summed E-state index contributed by atoms with van der Waals surface area (Å²) >= 11 is 0. The molecule has 0 bridgehead atoms. The van der Waals surface area contributed by atoms with Crippen molar-refractivity contribution in [2.45, 2.75) is 315 Å². The number of ether oxygens (including phenoxy) is 1. The summed E-state index contributed by atoms with van der Waals surface area (Å²) in [6.45, 7) is 4.94. The quantitative estimate of drug-likeness (QED) is 0.0322. The third-order valence-electron chi connectivity index (χ3n) is 12.8. The van der Waals surface area contributed by atoms with Gasteiger partial charge in [-0.05, 0) is 51.4 Å². The van der Waals surface area contributed by atoms with Gasteiger partial charge in [0.15, 0.2) is 0 Å². The lowest BCUT2D eigenvalue weighted by atomic mass is 10.0. The van der Waals surface area contributed by atoms with Crippen LogP contribution in [0.25, 0.3) is 0 Å². The Kier molecular flexibility index (Phi) is 50.1. The lowest BCUT2D eigenvalue weighted by molar-refractivity contribution is -0.143. The lowest BCUT2D eigenvalue weighted by Crippen LogP contribution is -2.45. The number of esters is 1. The van der Waals surface area contributed by atoms with Gasteiger partial charge in [-0.15, -0.1) is 0 Å². The Hall–Kier alpha value is -1.40. The highest BCUT2D eigenvalue weighted by molar-refractivity contribution is 5.76. The van der Waals surface area contributed by atoms with Crippen LogP contribution in [0.4, 0.5) is 0 Å². The third-order valence-corrected chi connectivity index (χ3v) is 12.8. The van der Waals surface area contributed by atoms with Crippen molar-refractivity contribution in [1.82, 2.24) is 5.32 Å². The van der Waals surface area contributed by atoms with E-state index in [0.717, 1.165) is 38.5 Å². The largest absolute Gasteiger partial charge is 0.466 e.